The Hall–Kier alpha value is -4.10. The molecular weight excluding hydrogens is 500 g/mol. The van der Waals surface area contributed by atoms with Gasteiger partial charge in [0, 0.05) is 28.6 Å². The maximum absolute atomic E-state index is 13.6. The van der Waals surface area contributed by atoms with Crippen molar-refractivity contribution in [3.05, 3.63) is 83.7 Å². The molecular formula is C33H34N4O3. The van der Waals surface area contributed by atoms with Crippen LogP contribution in [-0.2, 0) is 6.54 Å². The Labute approximate surface area is 233 Å². The number of amides is 1. The molecule has 1 amide bonds. The van der Waals surface area contributed by atoms with E-state index in [0.717, 1.165) is 34.4 Å². The molecule has 3 aromatic carbocycles. The number of H-pyrrole nitrogens is 1. The molecule has 1 atom stereocenters. The van der Waals surface area contributed by atoms with Gasteiger partial charge in [0.05, 0.1) is 29.3 Å². The number of carbonyl (C=O) groups is 1. The van der Waals surface area contributed by atoms with Crippen molar-refractivity contribution in [3.63, 3.8) is 0 Å². The van der Waals surface area contributed by atoms with Crippen molar-refractivity contribution in [2.45, 2.75) is 57.0 Å². The molecule has 0 radical (unpaired) electrons. The standard InChI is InChI=1S/C33H34N4O3/c38-18-16-27(32-34-25-11-5-6-12-26(25)35-32)36-33(39)22-14-15-23-28(20-22)37-17-19-40-29-13-7-4-10-24(29)31(37)30(23)21-8-2-1-3-9-21/h4-7,10-15,20-21,27,38H,1-3,8-9,16-19H2,(H,34,35)(H,36,39). The number of aromatic amines is 1. The number of hydrogen-bond acceptors (Lipinski definition) is 4. The maximum Gasteiger partial charge on any atom is 0.251 e. The third-order valence-corrected chi connectivity index (χ3v) is 8.55. The fraction of sp³-hybridized carbons (Fsp3) is 0.333. The molecule has 5 aromatic rings. The third-order valence-electron chi connectivity index (χ3n) is 8.55. The van der Waals surface area contributed by atoms with E-state index in [2.05, 4.69) is 44.1 Å². The summed E-state index contributed by atoms with van der Waals surface area (Å²) in [7, 11) is 0. The Morgan fingerprint density at radius 3 is 2.75 bits per heavy atom. The number of aliphatic hydroxyl groups excluding tert-OH is 1. The number of nitrogens with zero attached hydrogens (tertiary/aromatic N) is 2. The fourth-order valence-corrected chi connectivity index (χ4v) is 6.67. The average Bonchev–Trinajstić information content (AvgIpc) is 3.51. The van der Waals surface area contributed by atoms with E-state index in [1.54, 1.807) is 0 Å². The van der Waals surface area contributed by atoms with Crippen LogP contribution in [0.1, 0.15) is 72.2 Å². The first kappa shape index (κ1) is 24.9. The van der Waals surface area contributed by atoms with Crippen LogP contribution in [0, 0.1) is 0 Å². The smallest absolute Gasteiger partial charge is 0.251 e. The van der Waals surface area contributed by atoms with Crippen LogP contribution in [0.4, 0.5) is 0 Å². The van der Waals surface area contributed by atoms with Crippen molar-refractivity contribution < 1.29 is 14.6 Å². The zero-order valence-electron chi connectivity index (χ0n) is 22.5. The molecule has 3 heterocycles. The molecule has 1 aliphatic heterocycles. The summed E-state index contributed by atoms with van der Waals surface area (Å²) >= 11 is 0. The Balaban J connectivity index is 1.29. The van der Waals surface area contributed by atoms with Gasteiger partial charge < -0.3 is 24.7 Å². The minimum absolute atomic E-state index is 0.0581. The predicted octanol–water partition coefficient (Wildman–Crippen LogP) is 6.48. The highest BCUT2D eigenvalue weighted by molar-refractivity contribution is 6.01. The third kappa shape index (κ3) is 4.34. The highest BCUT2D eigenvalue weighted by Gasteiger charge is 2.29. The summed E-state index contributed by atoms with van der Waals surface area (Å²) in [6.07, 6.45) is 6.56. The van der Waals surface area contributed by atoms with Crippen LogP contribution >= 0.6 is 0 Å². The Morgan fingerprint density at radius 1 is 1.07 bits per heavy atom. The van der Waals surface area contributed by atoms with Gasteiger partial charge in [-0.2, -0.15) is 0 Å². The van der Waals surface area contributed by atoms with E-state index < -0.39 is 6.04 Å². The summed E-state index contributed by atoms with van der Waals surface area (Å²) < 4.78 is 8.54. The largest absolute Gasteiger partial charge is 0.491 e. The van der Waals surface area contributed by atoms with Gasteiger partial charge in [0.15, 0.2) is 0 Å². The zero-order chi connectivity index (χ0) is 27.1. The second-order valence-electron chi connectivity index (χ2n) is 11.0. The van der Waals surface area contributed by atoms with E-state index in [1.807, 2.05) is 42.5 Å². The molecule has 7 heteroatoms. The molecule has 1 aliphatic carbocycles. The molecule has 0 bridgehead atoms. The Morgan fingerprint density at radius 2 is 1.90 bits per heavy atom. The van der Waals surface area contributed by atoms with Gasteiger partial charge in [0.25, 0.3) is 5.91 Å². The minimum atomic E-state index is -0.428. The normalized spacial score (nSPS) is 16.2. The molecule has 1 unspecified atom stereocenters. The van der Waals surface area contributed by atoms with Crippen LogP contribution in [0.15, 0.2) is 66.7 Å². The topological polar surface area (TPSA) is 92.2 Å². The number of carbonyl (C=O) groups excluding carboxylic acids is 1. The summed E-state index contributed by atoms with van der Waals surface area (Å²) in [5, 5.41) is 14.1. The monoisotopic (exact) mass is 534 g/mol. The Kier molecular flexibility index (Phi) is 6.52. The lowest BCUT2D eigenvalue weighted by molar-refractivity contribution is 0.0928. The highest BCUT2D eigenvalue weighted by atomic mass is 16.5. The molecule has 204 valence electrons. The van der Waals surface area contributed by atoms with Crippen molar-refractivity contribution in [1.29, 1.82) is 0 Å². The number of para-hydroxylation sites is 3. The van der Waals surface area contributed by atoms with E-state index in [9.17, 15) is 9.90 Å². The summed E-state index contributed by atoms with van der Waals surface area (Å²) in [4.78, 5) is 21.6. The number of hydrogen-bond donors (Lipinski definition) is 3. The Bertz CT molecular complexity index is 1660. The molecule has 2 aromatic heterocycles. The number of nitrogens with one attached hydrogen (secondary N) is 2. The number of ether oxygens (including phenoxy) is 1. The van der Waals surface area contributed by atoms with Gasteiger partial charge in [-0.25, -0.2) is 4.98 Å². The van der Waals surface area contributed by atoms with Gasteiger partial charge in [-0.15, -0.1) is 0 Å². The van der Waals surface area contributed by atoms with E-state index in [-0.39, 0.29) is 12.5 Å². The van der Waals surface area contributed by atoms with E-state index in [1.165, 1.54) is 48.7 Å². The van der Waals surface area contributed by atoms with Crippen molar-refractivity contribution >= 4 is 27.8 Å². The zero-order valence-corrected chi connectivity index (χ0v) is 22.5. The highest BCUT2D eigenvalue weighted by Crippen LogP contribution is 2.47. The summed E-state index contributed by atoms with van der Waals surface area (Å²) in [5.41, 5.74) is 7.20. The van der Waals surface area contributed by atoms with Gasteiger partial charge in [-0.05, 0) is 67.1 Å². The van der Waals surface area contributed by atoms with Crippen LogP contribution in [-0.4, -0.2) is 38.8 Å². The van der Waals surface area contributed by atoms with Crippen LogP contribution in [0.2, 0.25) is 0 Å². The van der Waals surface area contributed by atoms with Crippen molar-refractivity contribution in [1.82, 2.24) is 19.9 Å². The van der Waals surface area contributed by atoms with Crippen LogP contribution in [0.25, 0.3) is 33.2 Å². The van der Waals surface area contributed by atoms with Gasteiger partial charge in [-0.3, -0.25) is 4.79 Å². The molecule has 0 saturated heterocycles. The average molecular weight is 535 g/mol. The van der Waals surface area contributed by atoms with Gasteiger partial charge in [0.2, 0.25) is 0 Å². The van der Waals surface area contributed by atoms with E-state index >= 15 is 0 Å². The lowest BCUT2D eigenvalue weighted by Gasteiger charge is -2.23. The number of imidazole rings is 1. The van der Waals surface area contributed by atoms with Crippen LogP contribution in [0.3, 0.4) is 0 Å². The minimum Gasteiger partial charge on any atom is -0.491 e. The van der Waals surface area contributed by atoms with Crippen molar-refractivity contribution in [3.8, 4) is 17.0 Å². The van der Waals surface area contributed by atoms with E-state index in [4.69, 9.17) is 4.74 Å². The second-order valence-corrected chi connectivity index (χ2v) is 11.0. The molecule has 7 rings (SSSR count). The molecule has 1 saturated carbocycles. The van der Waals surface area contributed by atoms with Crippen molar-refractivity contribution in [2.24, 2.45) is 0 Å². The van der Waals surface area contributed by atoms with Gasteiger partial charge in [0.1, 0.15) is 18.2 Å². The molecule has 0 spiro atoms. The molecule has 1 fully saturated rings. The SMILES string of the molecule is O=C(NC(CCO)c1nc2ccccc2[nH]1)c1ccc2c(C3CCCCC3)c3n(c2c1)CCOc1ccccc1-3. The first-order chi connectivity index (χ1) is 19.7. The molecule has 2 aliphatic rings. The number of fused-ring (bicyclic) bond motifs is 6. The lowest BCUT2D eigenvalue weighted by atomic mass is 9.81. The molecule has 40 heavy (non-hydrogen) atoms. The predicted molar refractivity (Wildman–Crippen MR) is 157 cm³/mol. The van der Waals surface area contributed by atoms with Gasteiger partial charge in [-0.1, -0.05) is 49.6 Å². The number of aliphatic hydroxyl groups is 1. The van der Waals surface area contributed by atoms with E-state index in [0.29, 0.717) is 30.3 Å². The summed E-state index contributed by atoms with van der Waals surface area (Å²) in [6.45, 7) is 1.25. The lowest BCUT2D eigenvalue weighted by Crippen LogP contribution is -2.30. The van der Waals surface area contributed by atoms with Gasteiger partial charge >= 0.3 is 0 Å². The molecule has 3 N–H and O–H groups in total. The summed E-state index contributed by atoms with van der Waals surface area (Å²) in [5.74, 6) is 1.90. The van der Waals surface area contributed by atoms with Crippen LogP contribution in [0.5, 0.6) is 5.75 Å². The quantitative estimate of drug-likeness (QED) is 0.233. The number of rotatable bonds is 6. The number of benzene rings is 3. The molecule has 7 nitrogen and oxygen atoms in total. The van der Waals surface area contributed by atoms with Crippen LogP contribution < -0.4 is 10.1 Å². The first-order valence-corrected chi connectivity index (χ1v) is 14.5. The fourth-order valence-electron chi connectivity index (χ4n) is 6.67. The second kappa shape index (κ2) is 10.5. The van der Waals surface area contributed by atoms with Crippen molar-refractivity contribution in [2.75, 3.05) is 13.2 Å². The first-order valence-electron chi connectivity index (χ1n) is 14.5. The summed E-state index contributed by atoms with van der Waals surface area (Å²) in [6, 6.07) is 21.8. The maximum atomic E-state index is 13.6. The number of aromatic nitrogens is 3.